The molecule has 1 amide bonds. The fraction of sp³-hybridized carbons (Fsp3) is 0.818. The van der Waals surface area contributed by atoms with Crippen LogP contribution in [-0.2, 0) is 14.3 Å². The van der Waals surface area contributed by atoms with Crippen LogP contribution in [0.1, 0.15) is 34.6 Å². The molecule has 0 aromatic heterocycles. The van der Waals surface area contributed by atoms with Gasteiger partial charge in [0.25, 0.3) is 0 Å². The highest BCUT2D eigenvalue weighted by molar-refractivity contribution is 5.99. The van der Waals surface area contributed by atoms with Gasteiger partial charge in [-0.15, -0.1) is 0 Å². The summed E-state index contributed by atoms with van der Waals surface area (Å²) in [5.41, 5.74) is -0.704. The largest absolute Gasteiger partial charge is 0.457 e. The molecule has 2 saturated heterocycles. The fourth-order valence-corrected chi connectivity index (χ4v) is 2.40. The summed E-state index contributed by atoms with van der Waals surface area (Å²) in [7, 11) is 0. The summed E-state index contributed by atoms with van der Waals surface area (Å²) in [5, 5.41) is 2.78. The van der Waals surface area contributed by atoms with Crippen LogP contribution < -0.4 is 5.32 Å². The van der Waals surface area contributed by atoms with Crippen LogP contribution in [0.25, 0.3) is 0 Å². The Bertz CT molecular complexity index is 300. The first-order chi connectivity index (χ1) is 6.47. The molecule has 0 saturated carbocycles. The summed E-state index contributed by atoms with van der Waals surface area (Å²) in [6.45, 7) is 5.87. The third-order valence-corrected chi connectivity index (χ3v) is 3.03. The first-order valence-electron chi connectivity index (χ1n) is 5.00. The standard InChI is InChI=1S/C10H15NO3.CH4/c1-5(2)4-10-7(14-9(10)13)6(3)8(12)11-10;/h5-7H,4H2,1-3H3,(H,11,12);1H4/t6-,7+,10-;/m1./s1. The highest BCUT2D eigenvalue weighted by Gasteiger charge is 2.66. The van der Waals surface area contributed by atoms with Gasteiger partial charge in [-0.1, -0.05) is 21.3 Å². The molecule has 0 aromatic rings. The second kappa shape index (κ2) is 3.51. The van der Waals surface area contributed by atoms with Gasteiger partial charge in [-0.05, 0) is 19.3 Å². The lowest BCUT2D eigenvalue weighted by molar-refractivity contribution is -0.193. The Kier molecular flexibility index (Phi) is 2.81. The van der Waals surface area contributed by atoms with Crippen LogP contribution in [0.4, 0.5) is 0 Å². The van der Waals surface area contributed by atoms with E-state index in [1.807, 2.05) is 13.8 Å². The molecule has 0 aromatic carbocycles. The van der Waals surface area contributed by atoms with Crippen molar-refractivity contribution in [1.82, 2.24) is 5.32 Å². The average molecular weight is 213 g/mol. The predicted molar refractivity (Wildman–Crippen MR) is 56.1 cm³/mol. The number of amides is 1. The van der Waals surface area contributed by atoms with Gasteiger partial charge in [0.2, 0.25) is 5.91 Å². The Morgan fingerprint density at radius 3 is 2.47 bits per heavy atom. The maximum Gasteiger partial charge on any atom is 0.336 e. The van der Waals surface area contributed by atoms with Gasteiger partial charge in [0.05, 0.1) is 5.92 Å². The van der Waals surface area contributed by atoms with Crippen molar-refractivity contribution >= 4 is 11.9 Å². The quantitative estimate of drug-likeness (QED) is 0.699. The number of esters is 1. The van der Waals surface area contributed by atoms with E-state index in [1.54, 1.807) is 6.92 Å². The zero-order valence-electron chi connectivity index (χ0n) is 8.66. The third-order valence-electron chi connectivity index (χ3n) is 3.03. The molecular formula is C11H19NO3. The van der Waals surface area contributed by atoms with Crippen LogP contribution in [-0.4, -0.2) is 23.5 Å². The molecule has 15 heavy (non-hydrogen) atoms. The lowest BCUT2D eigenvalue weighted by Crippen LogP contribution is -2.67. The number of fused-ring (bicyclic) bond motifs is 1. The van der Waals surface area contributed by atoms with Crippen molar-refractivity contribution in [2.45, 2.75) is 46.3 Å². The van der Waals surface area contributed by atoms with Gasteiger partial charge < -0.3 is 10.1 Å². The van der Waals surface area contributed by atoms with Crippen LogP contribution in [0, 0.1) is 11.8 Å². The van der Waals surface area contributed by atoms with Gasteiger partial charge in [-0.3, -0.25) is 4.79 Å². The Hall–Kier alpha value is -1.06. The van der Waals surface area contributed by atoms with Crippen molar-refractivity contribution < 1.29 is 14.3 Å². The Morgan fingerprint density at radius 1 is 1.47 bits per heavy atom. The molecule has 0 bridgehead atoms. The van der Waals surface area contributed by atoms with E-state index in [1.165, 1.54) is 0 Å². The molecule has 0 spiro atoms. The van der Waals surface area contributed by atoms with E-state index in [4.69, 9.17) is 4.74 Å². The summed E-state index contributed by atoms with van der Waals surface area (Å²) in [6.07, 6.45) is 0.428. The van der Waals surface area contributed by atoms with Gasteiger partial charge in [0, 0.05) is 0 Å². The van der Waals surface area contributed by atoms with Gasteiger partial charge in [-0.2, -0.15) is 0 Å². The summed E-state index contributed by atoms with van der Waals surface area (Å²) in [5.74, 6) is -0.169. The summed E-state index contributed by atoms with van der Waals surface area (Å²) in [6, 6.07) is 0. The van der Waals surface area contributed by atoms with E-state index in [9.17, 15) is 9.59 Å². The molecule has 4 nitrogen and oxygen atoms in total. The topological polar surface area (TPSA) is 55.4 Å². The molecule has 2 fully saturated rings. The van der Waals surface area contributed by atoms with E-state index in [2.05, 4.69) is 5.32 Å². The highest BCUT2D eigenvalue weighted by atomic mass is 16.6. The third kappa shape index (κ3) is 1.43. The number of ether oxygens (including phenoxy) is 1. The van der Waals surface area contributed by atoms with Crippen molar-refractivity contribution in [2.75, 3.05) is 0 Å². The van der Waals surface area contributed by atoms with Crippen LogP contribution in [0.5, 0.6) is 0 Å². The number of nitrogens with one attached hydrogen (secondary N) is 1. The first-order valence-corrected chi connectivity index (χ1v) is 5.00. The number of hydrogen-bond donors (Lipinski definition) is 1. The second-order valence-electron chi connectivity index (χ2n) is 4.67. The fourth-order valence-electron chi connectivity index (χ4n) is 2.40. The van der Waals surface area contributed by atoms with Crippen LogP contribution in [0.15, 0.2) is 0 Å². The molecular weight excluding hydrogens is 194 g/mol. The molecule has 3 atom stereocenters. The zero-order chi connectivity index (χ0) is 10.5. The number of carbonyl (C=O) groups excluding carboxylic acids is 2. The molecule has 0 radical (unpaired) electrons. The second-order valence-corrected chi connectivity index (χ2v) is 4.67. The minimum absolute atomic E-state index is 0. The van der Waals surface area contributed by atoms with Crippen molar-refractivity contribution in [3.05, 3.63) is 0 Å². The maximum absolute atomic E-state index is 11.4. The van der Waals surface area contributed by atoms with Crippen LogP contribution in [0.2, 0.25) is 0 Å². The Balaban J connectivity index is 0.00000112. The number of carbonyl (C=O) groups is 2. The molecule has 2 rings (SSSR count). The van der Waals surface area contributed by atoms with E-state index >= 15 is 0 Å². The Morgan fingerprint density at radius 2 is 2.07 bits per heavy atom. The average Bonchev–Trinajstić information content (AvgIpc) is 2.26. The minimum atomic E-state index is -0.704. The van der Waals surface area contributed by atoms with Crippen molar-refractivity contribution in [3.63, 3.8) is 0 Å². The monoisotopic (exact) mass is 213 g/mol. The maximum atomic E-state index is 11.4. The summed E-state index contributed by atoms with van der Waals surface area (Å²) in [4.78, 5) is 22.8. The summed E-state index contributed by atoms with van der Waals surface area (Å²) < 4.78 is 5.03. The van der Waals surface area contributed by atoms with E-state index in [0.717, 1.165) is 0 Å². The van der Waals surface area contributed by atoms with E-state index in [-0.39, 0.29) is 31.3 Å². The van der Waals surface area contributed by atoms with Gasteiger partial charge in [-0.25, -0.2) is 4.79 Å². The lowest BCUT2D eigenvalue weighted by atomic mass is 9.79. The van der Waals surface area contributed by atoms with Crippen molar-refractivity contribution in [1.29, 1.82) is 0 Å². The normalized spacial score (nSPS) is 37.6. The van der Waals surface area contributed by atoms with E-state index < -0.39 is 5.54 Å². The number of hydrogen-bond acceptors (Lipinski definition) is 3. The van der Waals surface area contributed by atoms with Crippen molar-refractivity contribution in [3.8, 4) is 0 Å². The molecule has 1 N–H and O–H groups in total. The Labute approximate surface area is 90.4 Å². The molecule has 0 unspecified atom stereocenters. The lowest BCUT2D eigenvalue weighted by Gasteiger charge is -2.43. The first kappa shape index (κ1) is 12.0. The minimum Gasteiger partial charge on any atom is -0.457 e. The van der Waals surface area contributed by atoms with Crippen molar-refractivity contribution in [2.24, 2.45) is 11.8 Å². The zero-order valence-corrected chi connectivity index (χ0v) is 8.66. The molecule has 2 aliphatic heterocycles. The molecule has 2 heterocycles. The summed E-state index contributed by atoms with van der Waals surface area (Å²) >= 11 is 0. The predicted octanol–water partition coefficient (Wildman–Crippen LogP) is 1.10. The van der Waals surface area contributed by atoms with Gasteiger partial charge >= 0.3 is 5.97 Å². The molecule has 86 valence electrons. The number of rotatable bonds is 2. The molecule has 4 heteroatoms. The molecule has 0 aliphatic carbocycles. The van der Waals surface area contributed by atoms with Crippen LogP contribution >= 0.6 is 0 Å². The van der Waals surface area contributed by atoms with Gasteiger partial charge in [0.15, 0.2) is 5.54 Å². The van der Waals surface area contributed by atoms with Crippen LogP contribution in [0.3, 0.4) is 0 Å². The van der Waals surface area contributed by atoms with E-state index in [0.29, 0.717) is 12.3 Å². The smallest absolute Gasteiger partial charge is 0.336 e. The molecule has 2 aliphatic rings. The van der Waals surface area contributed by atoms with Gasteiger partial charge in [0.1, 0.15) is 6.10 Å². The highest BCUT2D eigenvalue weighted by Crippen LogP contribution is 2.42. The SMILES string of the molecule is C.CC(C)C[C@@]12NC(=O)[C@H](C)[C@@H]1OC2=O.